The van der Waals surface area contributed by atoms with E-state index >= 15 is 0 Å². The lowest BCUT2D eigenvalue weighted by atomic mass is 10.2. The lowest BCUT2D eigenvalue weighted by molar-refractivity contribution is 0.0576. The van der Waals surface area contributed by atoms with Crippen molar-refractivity contribution in [1.29, 1.82) is 0 Å². The van der Waals surface area contributed by atoms with Crippen LogP contribution in [0.25, 0.3) is 5.52 Å². The van der Waals surface area contributed by atoms with Crippen molar-refractivity contribution in [3.8, 4) is 0 Å². The number of amides is 1. The van der Waals surface area contributed by atoms with E-state index in [4.69, 9.17) is 16.3 Å². The van der Waals surface area contributed by atoms with Crippen LogP contribution in [0.4, 0.5) is 10.6 Å². The van der Waals surface area contributed by atoms with Gasteiger partial charge >= 0.3 is 6.09 Å². The summed E-state index contributed by atoms with van der Waals surface area (Å²) >= 11 is 9.48. The molecule has 7 nitrogen and oxygen atoms in total. The average Bonchev–Trinajstić information content (AvgIpc) is 2.91. The standard InChI is InChI=1S/C17H17BrClN5O2/c1-17(2,3)26-16(25)23(9-11-4-6-20-7-5-11)14-13-8-12(18)10-24(13)22-15(19)21-14/h4-8,10H,9H2,1-3H3. The Labute approximate surface area is 164 Å². The summed E-state index contributed by atoms with van der Waals surface area (Å²) in [6, 6.07) is 5.46. The summed E-state index contributed by atoms with van der Waals surface area (Å²) in [6.45, 7) is 5.69. The molecule has 26 heavy (non-hydrogen) atoms. The number of pyridine rings is 1. The first-order chi connectivity index (χ1) is 12.2. The van der Waals surface area contributed by atoms with Gasteiger partial charge in [-0.15, -0.1) is 5.10 Å². The summed E-state index contributed by atoms with van der Waals surface area (Å²) in [4.78, 5) is 22.6. The van der Waals surface area contributed by atoms with Crippen molar-refractivity contribution >= 4 is 45.0 Å². The van der Waals surface area contributed by atoms with Crippen LogP contribution in [-0.4, -0.2) is 31.3 Å². The van der Waals surface area contributed by atoms with Gasteiger partial charge in [-0.25, -0.2) is 9.31 Å². The number of halogens is 2. The molecule has 9 heteroatoms. The second-order valence-corrected chi connectivity index (χ2v) is 7.87. The highest BCUT2D eigenvalue weighted by Gasteiger charge is 2.27. The van der Waals surface area contributed by atoms with Gasteiger partial charge in [-0.3, -0.25) is 9.88 Å². The zero-order valence-electron chi connectivity index (χ0n) is 14.5. The van der Waals surface area contributed by atoms with Crippen LogP contribution in [0.2, 0.25) is 5.28 Å². The minimum Gasteiger partial charge on any atom is -0.443 e. The van der Waals surface area contributed by atoms with Gasteiger partial charge in [0.1, 0.15) is 11.1 Å². The Kier molecular flexibility index (Phi) is 5.15. The monoisotopic (exact) mass is 437 g/mol. The van der Waals surface area contributed by atoms with Crippen LogP contribution >= 0.6 is 27.5 Å². The van der Waals surface area contributed by atoms with Gasteiger partial charge in [0.25, 0.3) is 0 Å². The van der Waals surface area contributed by atoms with E-state index in [2.05, 4.69) is 31.0 Å². The van der Waals surface area contributed by atoms with Gasteiger partial charge in [0.05, 0.1) is 6.54 Å². The highest BCUT2D eigenvalue weighted by molar-refractivity contribution is 9.10. The van der Waals surface area contributed by atoms with Crippen molar-refractivity contribution in [3.05, 3.63) is 52.1 Å². The molecule has 136 valence electrons. The molecule has 0 fully saturated rings. The fraction of sp³-hybridized carbons (Fsp3) is 0.294. The molecular weight excluding hydrogens is 422 g/mol. The quantitative estimate of drug-likeness (QED) is 0.603. The van der Waals surface area contributed by atoms with Crippen molar-refractivity contribution < 1.29 is 9.53 Å². The van der Waals surface area contributed by atoms with E-state index in [1.165, 1.54) is 4.90 Å². The molecule has 0 aliphatic rings. The first-order valence-corrected chi connectivity index (χ1v) is 9.01. The Bertz CT molecular complexity index is 939. The molecule has 3 rings (SSSR count). The molecule has 0 radical (unpaired) electrons. The Morgan fingerprint density at radius 3 is 2.69 bits per heavy atom. The normalized spacial score (nSPS) is 11.6. The lowest BCUT2D eigenvalue weighted by Gasteiger charge is -2.27. The van der Waals surface area contributed by atoms with E-state index < -0.39 is 11.7 Å². The predicted molar refractivity (Wildman–Crippen MR) is 102 cm³/mol. The Morgan fingerprint density at radius 1 is 1.35 bits per heavy atom. The van der Waals surface area contributed by atoms with E-state index in [9.17, 15) is 4.79 Å². The zero-order valence-corrected chi connectivity index (χ0v) is 16.8. The summed E-state index contributed by atoms with van der Waals surface area (Å²) in [5, 5.41) is 4.16. The van der Waals surface area contributed by atoms with Crippen LogP contribution < -0.4 is 4.90 Å². The van der Waals surface area contributed by atoms with Gasteiger partial charge in [-0.2, -0.15) is 4.98 Å². The maximum Gasteiger partial charge on any atom is 0.416 e. The van der Waals surface area contributed by atoms with Crippen LogP contribution in [0.5, 0.6) is 0 Å². The number of carbonyl (C=O) groups excluding carboxylic acids is 1. The van der Waals surface area contributed by atoms with Gasteiger partial charge in [0, 0.05) is 23.1 Å². The molecule has 0 aliphatic carbocycles. The average molecular weight is 439 g/mol. The number of ether oxygens (including phenoxy) is 1. The van der Waals surface area contributed by atoms with Gasteiger partial charge < -0.3 is 4.74 Å². The summed E-state index contributed by atoms with van der Waals surface area (Å²) in [6.07, 6.45) is 4.55. The predicted octanol–water partition coefficient (Wildman–Crippen LogP) is 4.48. The number of anilines is 1. The van der Waals surface area contributed by atoms with E-state index in [1.807, 2.05) is 39.0 Å². The molecule has 0 saturated carbocycles. The largest absolute Gasteiger partial charge is 0.443 e. The Morgan fingerprint density at radius 2 is 2.04 bits per heavy atom. The van der Waals surface area contributed by atoms with Crippen molar-refractivity contribution in [2.45, 2.75) is 32.9 Å². The SMILES string of the molecule is CC(C)(C)OC(=O)N(Cc1ccncc1)c1nc(Cl)nn2cc(Br)cc12. The third kappa shape index (κ3) is 4.31. The van der Waals surface area contributed by atoms with E-state index in [1.54, 1.807) is 23.1 Å². The van der Waals surface area contributed by atoms with E-state index in [0.29, 0.717) is 11.3 Å². The van der Waals surface area contributed by atoms with Crippen molar-refractivity contribution in [2.24, 2.45) is 0 Å². The number of fused-ring (bicyclic) bond motifs is 1. The molecule has 0 atom stereocenters. The fourth-order valence-corrected chi connectivity index (χ4v) is 2.91. The van der Waals surface area contributed by atoms with Gasteiger partial charge in [-0.1, -0.05) is 0 Å². The number of carbonyl (C=O) groups is 1. The second-order valence-electron chi connectivity index (χ2n) is 6.61. The summed E-state index contributed by atoms with van der Waals surface area (Å²) < 4.78 is 7.93. The second kappa shape index (κ2) is 7.20. The smallest absolute Gasteiger partial charge is 0.416 e. The topological polar surface area (TPSA) is 72.6 Å². The van der Waals surface area contributed by atoms with Crippen LogP contribution in [0.3, 0.4) is 0 Å². The Balaban J connectivity index is 2.09. The maximum absolute atomic E-state index is 12.9. The highest BCUT2D eigenvalue weighted by Crippen LogP contribution is 2.27. The first-order valence-electron chi connectivity index (χ1n) is 7.84. The van der Waals surface area contributed by atoms with E-state index in [-0.39, 0.29) is 11.8 Å². The van der Waals surface area contributed by atoms with Crippen LogP contribution in [-0.2, 0) is 11.3 Å². The van der Waals surface area contributed by atoms with Crippen molar-refractivity contribution in [3.63, 3.8) is 0 Å². The molecular formula is C17H17BrClN5O2. The summed E-state index contributed by atoms with van der Waals surface area (Å²) in [5.41, 5.74) is 0.856. The van der Waals surface area contributed by atoms with E-state index in [0.717, 1.165) is 10.0 Å². The molecule has 3 heterocycles. The summed E-state index contributed by atoms with van der Waals surface area (Å²) in [7, 11) is 0. The van der Waals surface area contributed by atoms with Crippen molar-refractivity contribution in [2.75, 3.05) is 4.90 Å². The number of hydrogen-bond donors (Lipinski definition) is 0. The van der Waals surface area contributed by atoms with Crippen LogP contribution in [0.15, 0.2) is 41.3 Å². The molecule has 0 spiro atoms. The Hall–Kier alpha value is -2.19. The summed E-state index contributed by atoms with van der Waals surface area (Å²) in [5.74, 6) is 0.363. The van der Waals surface area contributed by atoms with Gasteiger partial charge in [-0.05, 0) is 72.1 Å². The number of nitrogens with zero attached hydrogens (tertiary/aromatic N) is 5. The third-order valence-electron chi connectivity index (χ3n) is 3.34. The number of hydrogen-bond acceptors (Lipinski definition) is 5. The zero-order chi connectivity index (χ0) is 18.9. The molecule has 0 unspecified atom stereocenters. The molecule has 0 aromatic carbocycles. The minimum atomic E-state index is -0.650. The number of aromatic nitrogens is 4. The molecule has 3 aromatic heterocycles. The minimum absolute atomic E-state index is 0.0267. The van der Waals surface area contributed by atoms with Crippen LogP contribution in [0, 0.1) is 0 Å². The molecule has 0 aliphatic heterocycles. The third-order valence-corrected chi connectivity index (χ3v) is 3.94. The van der Waals surface area contributed by atoms with Gasteiger partial charge in [0.2, 0.25) is 5.28 Å². The first kappa shape index (κ1) is 18.6. The number of rotatable bonds is 3. The molecule has 0 N–H and O–H groups in total. The molecule has 3 aromatic rings. The molecule has 1 amide bonds. The van der Waals surface area contributed by atoms with Crippen molar-refractivity contribution in [1.82, 2.24) is 19.6 Å². The maximum atomic E-state index is 12.9. The fourth-order valence-electron chi connectivity index (χ4n) is 2.34. The lowest BCUT2D eigenvalue weighted by Crippen LogP contribution is -2.37. The molecule has 0 bridgehead atoms. The van der Waals surface area contributed by atoms with Gasteiger partial charge in [0.15, 0.2) is 5.82 Å². The molecule has 0 saturated heterocycles. The highest BCUT2D eigenvalue weighted by atomic mass is 79.9. The van der Waals surface area contributed by atoms with Crippen LogP contribution in [0.1, 0.15) is 26.3 Å².